The second kappa shape index (κ2) is 6.84. The lowest BCUT2D eigenvalue weighted by molar-refractivity contribution is -0.139. The fourth-order valence-electron chi connectivity index (χ4n) is 1.52. The fourth-order valence-corrected chi connectivity index (χ4v) is 1.52. The van der Waals surface area contributed by atoms with Crippen LogP contribution in [0.15, 0.2) is 18.2 Å². The molecule has 5 nitrogen and oxygen atoms in total. The second-order valence-electron chi connectivity index (χ2n) is 4.11. The molecule has 0 bridgehead atoms. The van der Waals surface area contributed by atoms with E-state index >= 15 is 0 Å². The minimum absolute atomic E-state index is 0.164. The van der Waals surface area contributed by atoms with E-state index in [-0.39, 0.29) is 18.6 Å². The highest BCUT2D eigenvalue weighted by Crippen LogP contribution is 2.09. The molecular formula is C13H16FNO4. The summed E-state index contributed by atoms with van der Waals surface area (Å²) < 4.78 is 17.9. The molecule has 0 saturated carbocycles. The van der Waals surface area contributed by atoms with E-state index in [2.05, 4.69) is 5.32 Å². The molecule has 0 saturated heterocycles. The Morgan fingerprint density at radius 3 is 2.68 bits per heavy atom. The maximum atomic E-state index is 13.1. The zero-order chi connectivity index (χ0) is 14.4. The van der Waals surface area contributed by atoms with Crippen molar-refractivity contribution in [2.45, 2.75) is 19.4 Å². The second-order valence-corrected chi connectivity index (χ2v) is 4.11. The summed E-state index contributed by atoms with van der Waals surface area (Å²) in [6.07, 6.45) is 0.164. The van der Waals surface area contributed by atoms with Crippen LogP contribution in [0, 0.1) is 12.7 Å². The van der Waals surface area contributed by atoms with Gasteiger partial charge in [0.25, 0.3) is 5.91 Å². The lowest BCUT2D eigenvalue weighted by Crippen LogP contribution is -2.41. The van der Waals surface area contributed by atoms with Crippen LogP contribution in [0.2, 0.25) is 0 Å². The van der Waals surface area contributed by atoms with E-state index in [0.29, 0.717) is 5.56 Å². The van der Waals surface area contributed by atoms with Crippen LogP contribution >= 0.6 is 0 Å². The van der Waals surface area contributed by atoms with Crippen molar-refractivity contribution >= 4 is 11.9 Å². The summed E-state index contributed by atoms with van der Waals surface area (Å²) in [5, 5.41) is 11.3. The number of aliphatic carboxylic acids is 1. The number of rotatable bonds is 6. The quantitative estimate of drug-likeness (QED) is 0.817. The van der Waals surface area contributed by atoms with E-state index in [4.69, 9.17) is 9.84 Å². The van der Waals surface area contributed by atoms with Crippen LogP contribution in [0.5, 0.6) is 0 Å². The third-order valence-electron chi connectivity index (χ3n) is 2.63. The maximum Gasteiger partial charge on any atom is 0.326 e. The monoisotopic (exact) mass is 269 g/mol. The van der Waals surface area contributed by atoms with Crippen LogP contribution in [-0.2, 0) is 9.53 Å². The normalized spacial score (nSPS) is 11.9. The molecule has 2 N–H and O–H groups in total. The van der Waals surface area contributed by atoms with Gasteiger partial charge in [-0.15, -0.1) is 0 Å². The predicted molar refractivity (Wildman–Crippen MR) is 66.5 cm³/mol. The van der Waals surface area contributed by atoms with Crippen molar-refractivity contribution in [1.29, 1.82) is 0 Å². The molecule has 1 aromatic rings. The SMILES string of the molecule is COCCC(NC(=O)c1ccc(F)c(C)c1)C(=O)O. The lowest BCUT2D eigenvalue weighted by Gasteiger charge is -2.14. The number of amides is 1. The molecule has 0 aliphatic rings. The fraction of sp³-hybridized carbons (Fsp3) is 0.385. The van der Waals surface area contributed by atoms with Gasteiger partial charge in [-0.25, -0.2) is 9.18 Å². The highest BCUT2D eigenvalue weighted by atomic mass is 19.1. The van der Waals surface area contributed by atoms with E-state index in [9.17, 15) is 14.0 Å². The van der Waals surface area contributed by atoms with Gasteiger partial charge in [0.05, 0.1) is 0 Å². The number of carbonyl (C=O) groups is 2. The molecule has 1 rings (SSSR count). The summed E-state index contributed by atoms with van der Waals surface area (Å²) in [4.78, 5) is 22.8. The highest BCUT2D eigenvalue weighted by molar-refractivity contribution is 5.96. The topological polar surface area (TPSA) is 75.6 Å². The van der Waals surface area contributed by atoms with Crippen LogP contribution in [0.3, 0.4) is 0 Å². The maximum absolute atomic E-state index is 13.1. The van der Waals surface area contributed by atoms with Crippen LogP contribution in [-0.4, -0.2) is 36.7 Å². The van der Waals surface area contributed by atoms with Gasteiger partial charge in [0.2, 0.25) is 0 Å². The number of methoxy groups -OCH3 is 1. The first kappa shape index (κ1) is 15.1. The number of hydrogen-bond acceptors (Lipinski definition) is 3. The Balaban J connectivity index is 2.75. The van der Waals surface area contributed by atoms with Gasteiger partial charge in [-0.3, -0.25) is 4.79 Å². The van der Waals surface area contributed by atoms with Crippen molar-refractivity contribution in [1.82, 2.24) is 5.32 Å². The van der Waals surface area contributed by atoms with Crippen LogP contribution in [0.1, 0.15) is 22.3 Å². The van der Waals surface area contributed by atoms with Gasteiger partial charge in [0, 0.05) is 25.7 Å². The van der Waals surface area contributed by atoms with Crippen molar-refractivity contribution < 1.29 is 23.8 Å². The number of hydrogen-bond donors (Lipinski definition) is 2. The molecule has 1 amide bonds. The number of halogens is 1. The number of benzene rings is 1. The van der Waals surface area contributed by atoms with Gasteiger partial charge in [0.1, 0.15) is 11.9 Å². The average Bonchev–Trinajstić information content (AvgIpc) is 2.37. The van der Waals surface area contributed by atoms with Gasteiger partial charge in [-0.2, -0.15) is 0 Å². The Morgan fingerprint density at radius 2 is 2.16 bits per heavy atom. The number of carbonyl (C=O) groups excluding carboxylic acids is 1. The number of carboxylic acid groups (broad SMARTS) is 1. The molecule has 0 heterocycles. The van der Waals surface area contributed by atoms with Gasteiger partial charge >= 0.3 is 5.97 Å². The van der Waals surface area contributed by atoms with Crippen molar-refractivity contribution in [3.8, 4) is 0 Å². The minimum atomic E-state index is -1.13. The first-order valence-electron chi connectivity index (χ1n) is 5.74. The number of carboxylic acids is 1. The molecule has 0 radical (unpaired) electrons. The zero-order valence-corrected chi connectivity index (χ0v) is 10.8. The van der Waals surface area contributed by atoms with Crippen LogP contribution in [0.4, 0.5) is 4.39 Å². The molecule has 6 heteroatoms. The molecule has 1 unspecified atom stereocenters. The molecule has 0 aliphatic carbocycles. The van der Waals surface area contributed by atoms with E-state index in [1.54, 1.807) is 0 Å². The standard InChI is InChI=1S/C13H16FNO4/c1-8-7-9(3-4-10(8)14)12(16)15-11(13(17)18)5-6-19-2/h3-4,7,11H,5-6H2,1-2H3,(H,15,16)(H,17,18). The van der Waals surface area contributed by atoms with E-state index < -0.39 is 23.7 Å². The summed E-state index contributed by atoms with van der Waals surface area (Å²) in [6, 6.07) is 2.83. The highest BCUT2D eigenvalue weighted by Gasteiger charge is 2.20. The summed E-state index contributed by atoms with van der Waals surface area (Å²) in [6.45, 7) is 1.76. The molecule has 0 aliphatic heterocycles. The summed E-state index contributed by atoms with van der Waals surface area (Å²) >= 11 is 0. The zero-order valence-electron chi connectivity index (χ0n) is 10.8. The minimum Gasteiger partial charge on any atom is -0.480 e. The van der Waals surface area contributed by atoms with Crippen LogP contribution < -0.4 is 5.32 Å². The van der Waals surface area contributed by atoms with E-state index in [1.165, 1.54) is 32.2 Å². The van der Waals surface area contributed by atoms with Crippen molar-refractivity contribution in [2.75, 3.05) is 13.7 Å². The van der Waals surface area contributed by atoms with Gasteiger partial charge in [0.15, 0.2) is 0 Å². The first-order chi connectivity index (χ1) is 8.95. The molecule has 1 aromatic carbocycles. The first-order valence-corrected chi connectivity index (χ1v) is 5.74. The molecule has 0 spiro atoms. The van der Waals surface area contributed by atoms with Crippen molar-refractivity contribution in [3.05, 3.63) is 35.1 Å². The van der Waals surface area contributed by atoms with Gasteiger partial charge < -0.3 is 15.2 Å². The van der Waals surface area contributed by atoms with Gasteiger partial charge in [-0.1, -0.05) is 0 Å². The Hall–Kier alpha value is -1.95. The largest absolute Gasteiger partial charge is 0.480 e. The smallest absolute Gasteiger partial charge is 0.326 e. The molecule has 0 aromatic heterocycles. The number of aryl methyl sites for hydroxylation is 1. The van der Waals surface area contributed by atoms with Gasteiger partial charge in [-0.05, 0) is 30.7 Å². The third-order valence-corrected chi connectivity index (χ3v) is 2.63. The molecule has 104 valence electrons. The Bertz CT molecular complexity index is 476. The lowest BCUT2D eigenvalue weighted by atomic mass is 10.1. The Morgan fingerprint density at radius 1 is 1.47 bits per heavy atom. The summed E-state index contributed by atoms with van der Waals surface area (Å²) in [5.41, 5.74) is 0.555. The Labute approximate surface area is 110 Å². The third kappa shape index (κ3) is 4.33. The average molecular weight is 269 g/mol. The van der Waals surface area contributed by atoms with Crippen molar-refractivity contribution in [3.63, 3.8) is 0 Å². The predicted octanol–water partition coefficient (Wildman–Crippen LogP) is 1.35. The molecular weight excluding hydrogens is 253 g/mol. The van der Waals surface area contributed by atoms with Crippen LogP contribution in [0.25, 0.3) is 0 Å². The van der Waals surface area contributed by atoms with E-state index in [0.717, 1.165) is 0 Å². The summed E-state index contributed by atoms with van der Waals surface area (Å²) in [5.74, 6) is -2.10. The molecule has 19 heavy (non-hydrogen) atoms. The number of nitrogens with one attached hydrogen (secondary N) is 1. The molecule has 1 atom stereocenters. The molecule has 0 fully saturated rings. The number of ether oxygens (including phenoxy) is 1. The Kier molecular flexibility index (Phi) is 5.44. The van der Waals surface area contributed by atoms with E-state index in [1.807, 2.05) is 0 Å². The summed E-state index contributed by atoms with van der Waals surface area (Å²) in [7, 11) is 1.45. The van der Waals surface area contributed by atoms with Crippen molar-refractivity contribution in [2.24, 2.45) is 0 Å².